The lowest BCUT2D eigenvalue weighted by Gasteiger charge is -2.44. The fourth-order valence-corrected chi connectivity index (χ4v) is 7.76. The number of esters is 1. The van der Waals surface area contributed by atoms with Crippen molar-refractivity contribution in [3.05, 3.63) is 100 Å². The van der Waals surface area contributed by atoms with Crippen LogP contribution in [0.15, 0.2) is 100 Å². The van der Waals surface area contributed by atoms with Gasteiger partial charge in [0, 0.05) is 31.8 Å². The molecular formula is C42H58O6. The summed E-state index contributed by atoms with van der Waals surface area (Å²) in [4.78, 5) is 24.5. The number of rotatable bonds is 11. The zero-order valence-electron chi connectivity index (χ0n) is 31.1. The molecule has 3 aliphatic rings. The van der Waals surface area contributed by atoms with Crippen molar-refractivity contribution in [3.8, 4) is 0 Å². The van der Waals surface area contributed by atoms with Crippen molar-refractivity contribution in [1.29, 1.82) is 0 Å². The molecule has 0 aromatic heterocycles. The number of Topliss-reactive ketones (excluding diaryl/α,β-unsaturated/α-hetero) is 1. The fraction of sp³-hybridized carbons (Fsp3) is 0.548. The molecule has 48 heavy (non-hydrogen) atoms. The molecule has 5 atom stereocenters. The first-order chi connectivity index (χ1) is 22.1. The van der Waals surface area contributed by atoms with Crippen LogP contribution >= 0.6 is 0 Å². The van der Waals surface area contributed by atoms with Gasteiger partial charge in [-0.3, -0.25) is 9.59 Å². The Labute approximate surface area is 289 Å². The molecule has 1 aliphatic heterocycles. The van der Waals surface area contributed by atoms with Crippen LogP contribution in [0.1, 0.15) is 108 Å². The minimum absolute atomic E-state index is 0.0816. The summed E-state index contributed by atoms with van der Waals surface area (Å²) in [5, 5.41) is 21.4. The van der Waals surface area contributed by atoms with Crippen molar-refractivity contribution in [1.82, 2.24) is 0 Å². The molecule has 1 saturated heterocycles. The van der Waals surface area contributed by atoms with E-state index in [4.69, 9.17) is 9.47 Å². The van der Waals surface area contributed by atoms with E-state index >= 15 is 0 Å². The fourth-order valence-electron chi connectivity index (χ4n) is 7.76. The lowest BCUT2D eigenvalue weighted by atomic mass is 9.61. The molecule has 0 aromatic carbocycles. The monoisotopic (exact) mass is 658 g/mol. The van der Waals surface area contributed by atoms with E-state index in [1.165, 1.54) is 6.92 Å². The molecule has 6 heteroatoms. The lowest BCUT2D eigenvalue weighted by molar-refractivity contribution is -0.152. The first-order valence-electron chi connectivity index (χ1n) is 17.1. The molecule has 3 fully saturated rings. The molecule has 2 saturated carbocycles. The Kier molecular flexibility index (Phi) is 12.3. The number of ether oxygens (including phenoxy) is 2. The first-order valence-corrected chi connectivity index (χ1v) is 17.1. The molecule has 2 aliphatic carbocycles. The Morgan fingerprint density at radius 3 is 1.92 bits per heavy atom. The highest BCUT2D eigenvalue weighted by Gasteiger charge is 2.76. The number of ketones is 1. The van der Waals surface area contributed by atoms with Gasteiger partial charge in [-0.15, -0.1) is 5.73 Å². The van der Waals surface area contributed by atoms with Crippen LogP contribution in [0.5, 0.6) is 0 Å². The third-order valence-electron chi connectivity index (χ3n) is 10.1. The van der Waals surface area contributed by atoms with Crippen molar-refractivity contribution < 1.29 is 29.3 Å². The summed E-state index contributed by atoms with van der Waals surface area (Å²) in [6.45, 7) is 21.4. The van der Waals surface area contributed by atoms with E-state index < -0.39 is 16.8 Å². The van der Waals surface area contributed by atoms with Crippen LogP contribution in [-0.2, 0) is 19.1 Å². The van der Waals surface area contributed by atoms with Gasteiger partial charge in [-0.05, 0) is 82.4 Å². The van der Waals surface area contributed by atoms with E-state index in [0.29, 0.717) is 37.7 Å². The zero-order chi connectivity index (χ0) is 36.1. The number of aliphatic hydroxyl groups is 2. The minimum atomic E-state index is -1.11. The van der Waals surface area contributed by atoms with Gasteiger partial charge in [-0.1, -0.05) is 99.6 Å². The molecule has 0 amide bonds. The Balaban J connectivity index is 1.54. The molecule has 1 heterocycles. The topological polar surface area (TPSA) is 96.4 Å². The highest BCUT2D eigenvalue weighted by Crippen LogP contribution is 2.67. The van der Waals surface area contributed by atoms with Crippen LogP contribution in [-0.4, -0.2) is 51.0 Å². The van der Waals surface area contributed by atoms with Gasteiger partial charge in [0.2, 0.25) is 0 Å². The normalized spacial score (nSPS) is 32.4. The largest absolute Gasteiger partial charge is 0.462 e. The first kappa shape index (κ1) is 39.2. The Bertz CT molecular complexity index is 1510. The number of aliphatic hydroxyl groups excluding tert-OH is 1. The standard InChI is InChI=1S/C42H58O6/c1-29(18-14-19-31(3)22-23-37-38(6,7)26-35(47-33(5)43)27-40(37,10)46)16-12-13-17-30(2)20-15-21-32(4)36(45)28-42-39(8,9)24-34(44)25-41(42,11)48-42/h12-22,34-35,44,46H,24-28H2,1-11H3/b13-12+,18-14+,20-15+,29-16+,30-17+,31-19+,32-21+/t23?,34-,35+,40-,41-,42+/m1/s1. The van der Waals surface area contributed by atoms with Gasteiger partial charge in [0.1, 0.15) is 11.7 Å². The van der Waals surface area contributed by atoms with Gasteiger partial charge in [0.15, 0.2) is 5.78 Å². The third kappa shape index (κ3) is 9.66. The maximum absolute atomic E-state index is 13.1. The van der Waals surface area contributed by atoms with E-state index in [9.17, 15) is 19.8 Å². The van der Waals surface area contributed by atoms with Crippen LogP contribution in [0.3, 0.4) is 0 Å². The van der Waals surface area contributed by atoms with E-state index in [1.807, 2.05) is 115 Å². The molecule has 0 unspecified atom stereocenters. The molecule has 3 rings (SSSR count). The van der Waals surface area contributed by atoms with Gasteiger partial charge < -0.3 is 19.7 Å². The zero-order valence-corrected chi connectivity index (χ0v) is 31.1. The molecule has 6 nitrogen and oxygen atoms in total. The average Bonchev–Trinajstić information content (AvgIpc) is 3.53. The Hall–Kier alpha value is -3.28. The van der Waals surface area contributed by atoms with Crippen molar-refractivity contribution in [2.24, 2.45) is 10.8 Å². The number of allylic oxidation sites excluding steroid dienone is 14. The summed E-state index contributed by atoms with van der Waals surface area (Å²) in [5.74, 6) is -0.244. The van der Waals surface area contributed by atoms with E-state index in [0.717, 1.165) is 22.3 Å². The van der Waals surface area contributed by atoms with Gasteiger partial charge in [-0.25, -0.2) is 0 Å². The second-order valence-corrected chi connectivity index (χ2v) is 15.9. The summed E-state index contributed by atoms with van der Waals surface area (Å²) in [6, 6.07) is 0. The smallest absolute Gasteiger partial charge is 0.302 e. The second-order valence-electron chi connectivity index (χ2n) is 15.9. The predicted molar refractivity (Wildman–Crippen MR) is 194 cm³/mol. The molecule has 0 aromatic rings. The summed E-state index contributed by atoms with van der Waals surface area (Å²) >= 11 is 0. The van der Waals surface area contributed by atoms with Gasteiger partial charge in [0.25, 0.3) is 0 Å². The molecule has 0 bridgehead atoms. The second kappa shape index (κ2) is 15.1. The van der Waals surface area contributed by atoms with Gasteiger partial charge >= 0.3 is 5.97 Å². The molecule has 262 valence electrons. The lowest BCUT2D eigenvalue weighted by Crippen LogP contribution is -2.48. The number of carbonyl (C=O) groups excluding carboxylic acids is 2. The van der Waals surface area contributed by atoms with Crippen molar-refractivity contribution in [2.45, 2.75) is 137 Å². The average molecular weight is 659 g/mol. The number of hydrogen-bond acceptors (Lipinski definition) is 6. The van der Waals surface area contributed by atoms with E-state index in [-0.39, 0.29) is 34.8 Å². The van der Waals surface area contributed by atoms with Crippen LogP contribution in [0.2, 0.25) is 0 Å². The highest BCUT2D eigenvalue weighted by atomic mass is 16.6. The molecular weight excluding hydrogens is 600 g/mol. The van der Waals surface area contributed by atoms with E-state index in [1.54, 1.807) is 6.92 Å². The van der Waals surface area contributed by atoms with Crippen molar-refractivity contribution >= 4 is 11.8 Å². The van der Waals surface area contributed by atoms with Crippen molar-refractivity contribution in [3.63, 3.8) is 0 Å². The third-order valence-corrected chi connectivity index (χ3v) is 10.1. The number of hydrogen-bond donors (Lipinski definition) is 2. The van der Waals surface area contributed by atoms with Crippen LogP contribution in [0.4, 0.5) is 0 Å². The van der Waals surface area contributed by atoms with Crippen LogP contribution in [0, 0.1) is 10.8 Å². The highest BCUT2D eigenvalue weighted by molar-refractivity contribution is 5.96. The predicted octanol–water partition coefficient (Wildman–Crippen LogP) is 8.69. The summed E-state index contributed by atoms with van der Waals surface area (Å²) in [6.07, 6.45) is 23.6. The summed E-state index contributed by atoms with van der Waals surface area (Å²) in [7, 11) is 0. The van der Waals surface area contributed by atoms with Crippen LogP contribution < -0.4 is 0 Å². The van der Waals surface area contributed by atoms with Crippen molar-refractivity contribution in [2.75, 3.05) is 0 Å². The maximum Gasteiger partial charge on any atom is 0.302 e. The number of epoxide rings is 1. The quantitative estimate of drug-likeness (QED) is 0.0758. The van der Waals surface area contributed by atoms with E-state index in [2.05, 4.69) is 19.6 Å². The number of carbonyl (C=O) groups is 2. The van der Waals surface area contributed by atoms with Gasteiger partial charge in [-0.2, -0.15) is 0 Å². The SMILES string of the molecule is CC(=O)O[C@H]1CC(C)(C)C(=C=C/C(C)=C/C=C/C(C)=C/C=C/C=C(C)/C=C/C=C(\C)C(=O)C[C@@]23O[C@]2(C)C[C@H](O)CC3(C)C)[C@](C)(O)C1. The summed E-state index contributed by atoms with van der Waals surface area (Å²) in [5.41, 5.74) is 5.35. The molecule has 2 N–H and O–H groups in total. The summed E-state index contributed by atoms with van der Waals surface area (Å²) < 4.78 is 11.6. The Morgan fingerprint density at radius 1 is 0.812 bits per heavy atom. The Morgan fingerprint density at radius 2 is 1.38 bits per heavy atom. The minimum Gasteiger partial charge on any atom is -0.462 e. The van der Waals surface area contributed by atoms with Crippen LogP contribution in [0.25, 0.3) is 0 Å². The van der Waals surface area contributed by atoms with Gasteiger partial charge in [0.05, 0.1) is 17.3 Å². The molecule has 0 spiro atoms. The molecule has 0 radical (unpaired) electrons. The maximum atomic E-state index is 13.1. The number of fused-ring (bicyclic) bond motifs is 1.